The third kappa shape index (κ3) is 8.29. The van der Waals surface area contributed by atoms with Crippen molar-refractivity contribution in [1.82, 2.24) is 10.2 Å². The summed E-state index contributed by atoms with van der Waals surface area (Å²) in [7, 11) is -1.88. The van der Waals surface area contributed by atoms with Crippen LogP contribution >= 0.6 is 0 Å². The number of hydrogen-bond donors (Lipinski definition) is 3. The van der Waals surface area contributed by atoms with Crippen LogP contribution in [0, 0.1) is 0 Å². The second-order valence-electron chi connectivity index (χ2n) is 4.40. The van der Waals surface area contributed by atoms with E-state index in [2.05, 4.69) is 5.32 Å². The van der Waals surface area contributed by atoms with Gasteiger partial charge in [-0.05, 0) is 6.42 Å². The Morgan fingerprint density at radius 3 is 2.30 bits per heavy atom. The van der Waals surface area contributed by atoms with Crippen molar-refractivity contribution in [3.63, 3.8) is 0 Å². The average Bonchev–Trinajstić information content (AvgIpc) is 2.29. The number of carbonyl (C=O) groups excluding carboxylic acids is 2. The van der Waals surface area contributed by atoms with E-state index in [0.29, 0.717) is 0 Å². The van der Waals surface area contributed by atoms with Gasteiger partial charge < -0.3 is 21.1 Å². The van der Waals surface area contributed by atoms with Crippen LogP contribution in [0.1, 0.15) is 12.8 Å². The third-order valence-corrected chi connectivity index (χ3v) is 3.34. The Morgan fingerprint density at radius 1 is 1.35 bits per heavy atom. The molecule has 0 aromatic heterocycles. The molecule has 0 aliphatic carbocycles. The number of rotatable bonds is 8. The second-order valence-corrected chi connectivity index (χ2v) is 6.66. The molecule has 0 aromatic rings. The lowest BCUT2D eigenvalue weighted by Crippen LogP contribution is -2.47. The molecular formula is C10H19N3O6S. The quantitative estimate of drug-likeness (QED) is 0.491. The van der Waals surface area contributed by atoms with Crippen molar-refractivity contribution in [3.8, 4) is 0 Å². The number of primary amides is 1. The zero-order valence-corrected chi connectivity index (χ0v) is 12.1. The number of nitrogens with one attached hydrogen (secondary N) is 1. The molecule has 0 bridgehead atoms. The highest BCUT2D eigenvalue weighted by molar-refractivity contribution is 7.90. The number of urea groups is 1. The standard InChI is InChI=1S/C10H19N3O6S/c1-13(5-6-20(2,18)19)10(17)12-7(9(15)16)3-4-8(11)14/h7H,3-6H2,1-2H3,(H2,11,14)(H,12,17)(H,15,16). The van der Waals surface area contributed by atoms with Crippen LogP contribution in [0.25, 0.3) is 0 Å². The third-order valence-electron chi connectivity index (χ3n) is 2.42. The number of nitrogens with two attached hydrogens (primary N) is 1. The van der Waals surface area contributed by atoms with E-state index in [0.717, 1.165) is 11.2 Å². The van der Waals surface area contributed by atoms with Gasteiger partial charge in [0, 0.05) is 26.3 Å². The summed E-state index contributed by atoms with van der Waals surface area (Å²) in [6, 6.07) is -1.98. The average molecular weight is 309 g/mol. The number of hydrogen-bond acceptors (Lipinski definition) is 5. The lowest BCUT2D eigenvalue weighted by atomic mass is 10.1. The summed E-state index contributed by atoms with van der Waals surface area (Å²) in [6.45, 7) is -0.0627. The first kappa shape index (κ1) is 18.2. The van der Waals surface area contributed by atoms with Crippen LogP contribution in [-0.2, 0) is 19.4 Å². The van der Waals surface area contributed by atoms with Crippen molar-refractivity contribution < 1.29 is 27.9 Å². The first-order valence-corrected chi connectivity index (χ1v) is 7.79. The first-order chi connectivity index (χ1) is 9.03. The smallest absolute Gasteiger partial charge is 0.326 e. The highest BCUT2D eigenvalue weighted by atomic mass is 32.2. The molecule has 0 rings (SSSR count). The summed E-state index contributed by atoms with van der Waals surface area (Å²) >= 11 is 0. The number of carboxylic acids is 1. The van der Waals surface area contributed by atoms with Crippen molar-refractivity contribution in [1.29, 1.82) is 0 Å². The van der Waals surface area contributed by atoms with Crippen LogP contribution in [0.15, 0.2) is 0 Å². The monoisotopic (exact) mass is 309 g/mol. The van der Waals surface area contributed by atoms with Crippen molar-refractivity contribution in [2.75, 3.05) is 25.6 Å². The Morgan fingerprint density at radius 2 is 1.90 bits per heavy atom. The molecule has 3 amide bonds. The molecule has 0 aliphatic heterocycles. The lowest BCUT2D eigenvalue weighted by Gasteiger charge is -2.20. The zero-order chi connectivity index (χ0) is 15.9. The fourth-order valence-electron chi connectivity index (χ4n) is 1.21. The largest absolute Gasteiger partial charge is 0.480 e. The van der Waals surface area contributed by atoms with Crippen LogP contribution in [0.5, 0.6) is 0 Å². The molecular weight excluding hydrogens is 290 g/mol. The molecule has 0 radical (unpaired) electrons. The lowest BCUT2D eigenvalue weighted by molar-refractivity contribution is -0.139. The summed E-state index contributed by atoms with van der Waals surface area (Å²) in [5.74, 6) is -2.19. The van der Waals surface area contributed by atoms with Gasteiger partial charge in [0.25, 0.3) is 0 Å². The van der Waals surface area contributed by atoms with Gasteiger partial charge in [0.1, 0.15) is 15.9 Å². The fourth-order valence-corrected chi connectivity index (χ4v) is 1.81. The van der Waals surface area contributed by atoms with Crippen LogP contribution in [0.2, 0.25) is 0 Å². The predicted molar refractivity (Wildman–Crippen MR) is 70.7 cm³/mol. The Hall–Kier alpha value is -1.84. The molecule has 20 heavy (non-hydrogen) atoms. The number of nitrogens with zero attached hydrogens (tertiary/aromatic N) is 1. The molecule has 4 N–H and O–H groups in total. The van der Waals surface area contributed by atoms with Crippen LogP contribution in [0.3, 0.4) is 0 Å². The van der Waals surface area contributed by atoms with E-state index in [9.17, 15) is 22.8 Å². The van der Waals surface area contributed by atoms with E-state index < -0.39 is 33.8 Å². The molecule has 0 saturated carbocycles. The molecule has 9 nitrogen and oxygen atoms in total. The Bertz CT molecular complexity index is 475. The Labute approximate surface area is 117 Å². The van der Waals surface area contributed by atoms with E-state index in [-0.39, 0.29) is 25.1 Å². The van der Waals surface area contributed by atoms with Gasteiger partial charge in [-0.3, -0.25) is 4.79 Å². The minimum Gasteiger partial charge on any atom is -0.480 e. The topological polar surface area (TPSA) is 147 Å². The molecule has 116 valence electrons. The normalized spacial score (nSPS) is 12.5. The van der Waals surface area contributed by atoms with E-state index in [1.807, 2.05) is 0 Å². The molecule has 0 fully saturated rings. The molecule has 0 saturated heterocycles. The fraction of sp³-hybridized carbons (Fsp3) is 0.700. The number of carboxylic acid groups (broad SMARTS) is 1. The Balaban J connectivity index is 4.44. The summed E-state index contributed by atoms with van der Waals surface area (Å²) in [5.41, 5.74) is 4.91. The van der Waals surface area contributed by atoms with E-state index >= 15 is 0 Å². The number of carbonyl (C=O) groups is 3. The Kier molecular flexibility index (Phi) is 6.97. The van der Waals surface area contributed by atoms with Crippen molar-refractivity contribution >= 4 is 27.7 Å². The first-order valence-electron chi connectivity index (χ1n) is 5.73. The maximum absolute atomic E-state index is 11.7. The summed E-state index contributed by atoms with van der Waals surface area (Å²) in [4.78, 5) is 34.2. The summed E-state index contributed by atoms with van der Waals surface area (Å²) < 4.78 is 21.9. The second kappa shape index (κ2) is 7.68. The minimum atomic E-state index is -3.22. The van der Waals surface area contributed by atoms with Crippen molar-refractivity contribution in [2.24, 2.45) is 5.73 Å². The molecule has 0 aliphatic rings. The maximum Gasteiger partial charge on any atom is 0.326 e. The molecule has 0 heterocycles. The van der Waals surface area contributed by atoms with Gasteiger partial charge in [-0.1, -0.05) is 0 Å². The molecule has 10 heteroatoms. The van der Waals surface area contributed by atoms with Crippen LogP contribution < -0.4 is 11.1 Å². The van der Waals surface area contributed by atoms with Crippen molar-refractivity contribution in [2.45, 2.75) is 18.9 Å². The van der Waals surface area contributed by atoms with Crippen molar-refractivity contribution in [3.05, 3.63) is 0 Å². The zero-order valence-electron chi connectivity index (χ0n) is 11.3. The van der Waals surface area contributed by atoms with Gasteiger partial charge >= 0.3 is 12.0 Å². The van der Waals surface area contributed by atoms with Crippen LogP contribution in [-0.4, -0.2) is 68.0 Å². The summed E-state index contributed by atoms with van der Waals surface area (Å²) in [6.07, 6.45) is 0.728. The van der Waals surface area contributed by atoms with E-state index in [1.165, 1.54) is 7.05 Å². The number of aliphatic carboxylic acids is 1. The number of sulfone groups is 1. The molecule has 0 spiro atoms. The summed E-state index contributed by atoms with van der Waals surface area (Å²) in [5, 5.41) is 11.1. The van der Waals surface area contributed by atoms with Gasteiger partial charge in [0.2, 0.25) is 5.91 Å². The van der Waals surface area contributed by atoms with Gasteiger partial charge in [0.15, 0.2) is 0 Å². The minimum absolute atomic E-state index is 0.0627. The van der Waals surface area contributed by atoms with Gasteiger partial charge in [-0.2, -0.15) is 0 Å². The predicted octanol–water partition coefficient (Wildman–Crippen LogP) is -1.61. The number of amides is 3. The molecule has 1 atom stereocenters. The van der Waals surface area contributed by atoms with Gasteiger partial charge in [-0.15, -0.1) is 0 Å². The highest BCUT2D eigenvalue weighted by Crippen LogP contribution is 1.99. The SMILES string of the molecule is CN(CCS(C)(=O)=O)C(=O)NC(CCC(N)=O)C(=O)O. The van der Waals surface area contributed by atoms with Gasteiger partial charge in [-0.25, -0.2) is 18.0 Å². The van der Waals surface area contributed by atoms with Gasteiger partial charge in [0.05, 0.1) is 5.75 Å². The maximum atomic E-state index is 11.7. The van der Waals surface area contributed by atoms with E-state index in [1.54, 1.807) is 0 Å². The van der Waals surface area contributed by atoms with Crippen LogP contribution in [0.4, 0.5) is 4.79 Å². The molecule has 1 unspecified atom stereocenters. The molecule has 0 aromatic carbocycles. The van der Waals surface area contributed by atoms with E-state index in [4.69, 9.17) is 10.8 Å². The highest BCUT2D eigenvalue weighted by Gasteiger charge is 2.22.